The summed E-state index contributed by atoms with van der Waals surface area (Å²) in [5.41, 5.74) is 1.07. The van der Waals surface area contributed by atoms with Crippen molar-refractivity contribution in [1.29, 1.82) is 0 Å². The molecule has 0 unspecified atom stereocenters. The van der Waals surface area contributed by atoms with Gasteiger partial charge in [0, 0.05) is 11.1 Å². The van der Waals surface area contributed by atoms with Crippen LogP contribution in [0.4, 0.5) is 0 Å². The Balaban J connectivity index is 1.98. The zero-order valence-corrected chi connectivity index (χ0v) is 14.3. The summed E-state index contributed by atoms with van der Waals surface area (Å²) in [5, 5.41) is 9.62. The molecule has 0 saturated heterocycles. The van der Waals surface area contributed by atoms with E-state index in [1.54, 1.807) is 30.5 Å². The van der Waals surface area contributed by atoms with Crippen molar-refractivity contribution in [2.75, 3.05) is 0 Å². The number of pyridine rings is 1. The molecule has 0 aliphatic heterocycles. The molecule has 0 saturated carbocycles. The van der Waals surface area contributed by atoms with Crippen molar-refractivity contribution in [2.45, 2.75) is 6.54 Å². The third-order valence-electron chi connectivity index (χ3n) is 3.90. The first-order chi connectivity index (χ1) is 12.6. The molecular weight excluding hydrogens is 350 g/mol. The Morgan fingerprint density at radius 1 is 1.12 bits per heavy atom. The second-order valence-electron chi connectivity index (χ2n) is 5.63. The molecule has 0 aliphatic carbocycles. The zero-order chi connectivity index (χ0) is 18.1. The van der Waals surface area contributed by atoms with Crippen molar-refractivity contribution in [3.05, 3.63) is 71.1 Å². The fourth-order valence-corrected chi connectivity index (χ4v) is 3.76. The first kappa shape index (κ1) is 16.2. The Labute approximate surface area is 152 Å². The summed E-state index contributed by atoms with van der Waals surface area (Å²) in [5.74, 6) is -0.851. The maximum atomic E-state index is 12.9. The molecule has 4 aromatic rings. The third-order valence-corrected chi connectivity index (χ3v) is 4.97. The topological polar surface area (TPSA) is 85.1 Å². The molecule has 3 aromatic heterocycles. The quantitative estimate of drug-likeness (QED) is 0.601. The molecule has 26 heavy (non-hydrogen) atoms. The number of aliphatic carboxylic acids is 1. The highest BCUT2D eigenvalue weighted by Gasteiger charge is 2.18. The minimum absolute atomic E-state index is 0.256. The second-order valence-corrected chi connectivity index (χ2v) is 6.66. The average molecular weight is 363 g/mol. The molecule has 0 spiro atoms. The van der Waals surface area contributed by atoms with Gasteiger partial charge in [0.15, 0.2) is 5.82 Å². The van der Waals surface area contributed by atoms with E-state index in [4.69, 9.17) is 0 Å². The van der Waals surface area contributed by atoms with Crippen LogP contribution in [0.5, 0.6) is 0 Å². The van der Waals surface area contributed by atoms with Gasteiger partial charge in [-0.25, -0.2) is 4.98 Å². The lowest BCUT2D eigenvalue weighted by atomic mass is 10.2. The maximum Gasteiger partial charge on any atom is 0.323 e. The first-order valence-electron chi connectivity index (χ1n) is 7.86. The number of hydrogen-bond donors (Lipinski definition) is 1. The van der Waals surface area contributed by atoms with Crippen LogP contribution in [0.2, 0.25) is 0 Å². The SMILES string of the molecule is O=C(O)Cn1c(-c2ccccn2)nc2sc(-c3ccccc3)cc2c1=O. The average Bonchev–Trinajstić information content (AvgIpc) is 3.10. The molecule has 128 valence electrons. The summed E-state index contributed by atoms with van der Waals surface area (Å²) in [6.45, 7) is -0.468. The Morgan fingerprint density at radius 3 is 2.58 bits per heavy atom. The number of carboxylic acids is 1. The van der Waals surface area contributed by atoms with Crippen LogP contribution < -0.4 is 5.56 Å². The summed E-state index contributed by atoms with van der Waals surface area (Å²) < 4.78 is 1.16. The Morgan fingerprint density at radius 2 is 1.88 bits per heavy atom. The van der Waals surface area contributed by atoms with Gasteiger partial charge in [-0.2, -0.15) is 0 Å². The van der Waals surface area contributed by atoms with Crippen molar-refractivity contribution < 1.29 is 9.90 Å². The summed E-state index contributed by atoms with van der Waals surface area (Å²) in [7, 11) is 0. The molecule has 3 heterocycles. The summed E-state index contributed by atoms with van der Waals surface area (Å²) in [6, 6.07) is 16.7. The van der Waals surface area contributed by atoms with Crippen molar-refractivity contribution in [1.82, 2.24) is 14.5 Å². The van der Waals surface area contributed by atoms with Gasteiger partial charge >= 0.3 is 5.97 Å². The molecule has 0 fully saturated rings. The van der Waals surface area contributed by atoms with Crippen LogP contribution in [-0.2, 0) is 11.3 Å². The van der Waals surface area contributed by atoms with Crippen LogP contribution in [0.25, 0.3) is 32.2 Å². The van der Waals surface area contributed by atoms with Crippen LogP contribution >= 0.6 is 11.3 Å². The lowest BCUT2D eigenvalue weighted by molar-refractivity contribution is -0.137. The van der Waals surface area contributed by atoms with Crippen LogP contribution in [0.1, 0.15) is 0 Å². The molecule has 0 aliphatic rings. The minimum atomic E-state index is -1.11. The number of aromatic nitrogens is 3. The standard InChI is InChI=1S/C19H13N3O3S/c23-16(24)11-22-17(14-8-4-5-9-20-14)21-18-13(19(22)25)10-15(26-18)12-6-2-1-3-7-12/h1-10H,11H2,(H,23,24). The summed E-state index contributed by atoms with van der Waals surface area (Å²) in [6.07, 6.45) is 1.58. The summed E-state index contributed by atoms with van der Waals surface area (Å²) >= 11 is 1.40. The van der Waals surface area contributed by atoms with E-state index in [9.17, 15) is 14.7 Å². The Hall–Kier alpha value is -3.32. The van der Waals surface area contributed by atoms with Gasteiger partial charge in [-0.1, -0.05) is 36.4 Å². The molecule has 0 atom stereocenters. The lowest BCUT2D eigenvalue weighted by Gasteiger charge is -2.09. The molecule has 0 bridgehead atoms. The van der Waals surface area contributed by atoms with Crippen molar-refractivity contribution in [2.24, 2.45) is 0 Å². The van der Waals surface area contributed by atoms with Gasteiger partial charge in [-0.15, -0.1) is 11.3 Å². The van der Waals surface area contributed by atoms with Crippen LogP contribution in [-0.4, -0.2) is 25.6 Å². The Bertz CT molecular complexity index is 1150. The molecule has 1 aromatic carbocycles. The van der Waals surface area contributed by atoms with Gasteiger partial charge in [-0.3, -0.25) is 19.1 Å². The molecule has 1 N–H and O–H groups in total. The smallest absolute Gasteiger partial charge is 0.323 e. The van der Waals surface area contributed by atoms with Gasteiger partial charge in [0.2, 0.25) is 0 Å². The van der Waals surface area contributed by atoms with Gasteiger partial charge in [0.1, 0.15) is 17.1 Å². The number of rotatable bonds is 4. The van der Waals surface area contributed by atoms with E-state index in [2.05, 4.69) is 9.97 Å². The van der Waals surface area contributed by atoms with E-state index in [1.165, 1.54) is 11.3 Å². The summed E-state index contributed by atoms with van der Waals surface area (Å²) in [4.78, 5) is 34.5. The van der Waals surface area contributed by atoms with E-state index in [1.807, 2.05) is 30.3 Å². The van der Waals surface area contributed by atoms with E-state index < -0.39 is 12.5 Å². The van der Waals surface area contributed by atoms with Crippen molar-refractivity contribution >= 4 is 27.5 Å². The van der Waals surface area contributed by atoms with Gasteiger partial charge in [0.25, 0.3) is 5.56 Å². The van der Waals surface area contributed by atoms with E-state index in [0.717, 1.165) is 15.0 Å². The molecule has 0 radical (unpaired) electrons. The number of hydrogen-bond acceptors (Lipinski definition) is 5. The molecule has 6 nitrogen and oxygen atoms in total. The number of carboxylic acid groups (broad SMARTS) is 1. The maximum absolute atomic E-state index is 12.9. The van der Waals surface area contributed by atoms with Crippen LogP contribution in [0.15, 0.2) is 65.6 Å². The monoisotopic (exact) mass is 363 g/mol. The number of nitrogens with zero attached hydrogens (tertiary/aromatic N) is 3. The Kier molecular flexibility index (Phi) is 4.06. The fraction of sp³-hybridized carbons (Fsp3) is 0.0526. The number of benzene rings is 1. The predicted octanol–water partition coefficient (Wildman–Crippen LogP) is 3.27. The fourth-order valence-electron chi connectivity index (χ4n) is 2.73. The second kappa shape index (κ2) is 6.53. The lowest BCUT2D eigenvalue weighted by Crippen LogP contribution is -2.26. The van der Waals surface area contributed by atoms with Crippen LogP contribution in [0.3, 0.4) is 0 Å². The van der Waals surface area contributed by atoms with E-state index in [0.29, 0.717) is 15.9 Å². The predicted molar refractivity (Wildman–Crippen MR) is 100 cm³/mol. The third kappa shape index (κ3) is 2.89. The number of thiophene rings is 1. The van der Waals surface area contributed by atoms with Gasteiger partial charge in [-0.05, 0) is 23.8 Å². The highest BCUT2D eigenvalue weighted by molar-refractivity contribution is 7.21. The van der Waals surface area contributed by atoms with E-state index in [-0.39, 0.29) is 11.4 Å². The minimum Gasteiger partial charge on any atom is -0.480 e. The van der Waals surface area contributed by atoms with Crippen molar-refractivity contribution in [3.63, 3.8) is 0 Å². The molecule has 7 heteroatoms. The first-order valence-corrected chi connectivity index (χ1v) is 8.68. The highest BCUT2D eigenvalue weighted by Crippen LogP contribution is 2.31. The highest BCUT2D eigenvalue weighted by atomic mass is 32.1. The zero-order valence-electron chi connectivity index (χ0n) is 13.5. The van der Waals surface area contributed by atoms with Crippen LogP contribution in [0, 0.1) is 0 Å². The number of carbonyl (C=O) groups is 1. The van der Waals surface area contributed by atoms with Crippen molar-refractivity contribution in [3.8, 4) is 22.0 Å². The van der Waals surface area contributed by atoms with Gasteiger partial charge in [0.05, 0.1) is 5.39 Å². The normalized spacial score (nSPS) is 10.9. The molecule has 0 amide bonds. The molecular formula is C19H13N3O3S. The number of fused-ring (bicyclic) bond motifs is 1. The van der Waals surface area contributed by atoms with Gasteiger partial charge < -0.3 is 5.11 Å². The molecule has 4 rings (SSSR count). The van der Waals surface area contributed by atoms with E-state index >= 15 is 0 Å². The largest absolute Gasteiger partial charge is 0.480 e.